The van der Waals surface area contributed by atoms with Crippen LogP contribution >= 0.6 is 11.3 Å². The van der Waals surface area contributed by atoms with Crippen LogP contribution in [0.15, 0.2) is 106 Å². The molecule has 1 aromatic heterocycles. The van der Waals surface area contributed by atoms with E-state index in [0.717, 1.165) is 16.7 Å². The van der Waals surface area contributed by atoms with Crippen molar-refractivity contribution in [3.63, 3.8) is 0 Å². The van der Waals surface area contributed by atoms with Gasteiger partial charge in [0, 0.05) is 5.56 Å². The lowest BCUT2D eigenvalue weighted by Gasteiger charge is -2.26. The maximum atomic E-state index is 13.8. The van der Waals surface area contributed by atoms with E-state index in [4.69, 9.17) is 14.5 Å². The smallest absolute Gasteiger partial charge is 0.338 e. The standard InChI is InChI=1S/C32H28N2O4S/c1-3-37-25-20-18-24(19-21-25)29-27(31(36)38-4-2)28(23-15-9-6-10-16-23)33-32-34(29)30(35)26(39-32)17-11-14-22-12-7-5-8-13-22/h5-21,29H,3-4H2,1-2H3/b14-11+,26-17+/t29-/m0/s1. The summed E-state index contributed by atoms with van der Waals surface area (Å²) in [6.45, 7) is 4.43. The zero-order valence-electron chi connectivity index (χ0n) is 21.7. The molecule has 0 amide bonds. The lowest BCUT2D eigenvalue weighted by Crippen LogP contribution is -2.39. The van der Waals surface area contributed by atoms with E-state index in [1.165, 1.54) is 11.3 Å². The summed E-state index contributed by atoms with van der Waals surface area (Å²) in [5.41, 5.74) is 3.18. The second-order valence-corrected chi connectivity index (χ2v) is 9.73. The minimum Gasteiger partial charge on any atom is -0.494 e. The van der Waals surface area contributed by atoms with E-state index in [2.05, 4.69) is 0 Å². The van der Waals surface area contributed by atoms with Crippen LogP contribution in [0.4, 0.5) is 0 Å². The molecule has 1 aliphatic rings. The van der Waals surface area contributed by atoms with Gasteiger partial charge in [-0.25, -0.2) is 9.79 Å². The molecule has 4 aromatic rings. The van der Waals surface area contributed by atoms with Crippen LogP contribution in [0.1, 0.15) is 36.6 Å². The summed E-state index contributed by atoms with van der Waals surface area (Å²) in [4.78, 5) is 32.7. The number of hydrogen-bond acceptors (Lipinski definition) is 6. The molecule has 1 atom stereocenters. The summed E-state index contributed by atoms with van der Waals surface area (Å²) < 4.78 is 13.3. The van der Waals surface area contributed by atoms with Crippen molar-refractivity contribution in [1.29, 1.82) is 0 Å². The van der Waals surface area contributed by atoms with E-state index in [1.807, 2.05) is 104 Å². The fraction of sp³-hybridized carbons (Fsp3) is 0.156. The number of esters is 1. The second-order valence-electron chi connectivity index (χ2n) is 8.73. The highest BCUT2D eigenvalue weighted by Gasteiger charge is 2.35. The van der Waals surface area contributed by atoms with E-state index >= 15 is 0 Å². The van der Waals surface area contributed by atoms with Gasteiger partial charge in [0.25, 0.3) is 5.56 Å². The van der Waals surface area contributed by atoms with Gasteiger partial charge < -0.3 is 9.47 Å². The number of hydrogen-bond donors (Lipinski definition) is 0. The number of aromatic nitrogens is 1. The molecule has 0 aliphatic carbocycles. The van der Waals surface area contributed by atoms with Gasteiger partial charge in [-0.2, -0.15) is 0 Å². The fourth-order valence-corrected chi connectivity index (χ4v) is 5.45. The van der Waals surface area contributed by atoms with Crippen LogP contribution in [0, 0.1) is 0 Å². The number of nitrogens with zero attached hydrogens (tertiary/aromatic N) is 2. The molecular weight excluding hydrogens is 508 g/mol. The first kappa shape index (κ1) is 26.1. The summed E-state index contributed by atoms with van der Waals surface area (Å²) >= 11 is 1.30. The van der Waals surface area contributed by atoms with E-state index in [-0.39, 0.29) is 12.2 Å². The van der Waals surface area contributed by atoms with Gasteiger partial charge in [0.2, 0.25) is 0 Å². The van der Waals surface area contributed by atoms with Crippen LogP contribution < -0.4 is 19.6 Å². The molecule has 0 radical (unpaired) electrons. The van der Waals surface area contributed by atoms with Crippen molar-refractivity contribution in [2.45, 2.75) is 19.9 Å². The number of carbonyl (C=O) groups excluding carboxylic acids is 1. The quantitative estimate of drug-likeness (QED) is 0.297. The van der Waals surface area contributed by atoms with Crippen molar-refractivity contribution in [1.82, 2.24) is 4.57 Å². The summed E-state index contributed by atoms with van der Waals surface area (Å²) in [6.07, 6.45) is 5.60. The normalized spacial score (nSPS) is 15.2. The van der Waals surface area contributed by atoms with Crippen LogP contribution in [0.5, 0.6) is 5.75 Å². The van der Waals surface area contributed by atoms with Crippen molar-refractivity contribution in [3.05, 3.63) is 133 Å². The summed E-state index contributed by atoms with van der Waals surface area (Å²) in [5, 5.41) is 0. The molecule has 2 heterocycles. The number of allylic oxidation sites excluding steroid dienone is 1. The second kappa shape index (κ2) is 11.9. The average Bonchev–Trinajstić information content (AvgIpc) is 3.28. The molecule has 0 N–H and O–H groups in total. The molecule has 0 saturated heterocycles. The van der Waals surface area contributed by atoms with Gasteiger partial charge in [0.05, 0.1) is 35.1 Å². The maximum Gasteiger partial charge on any atom is 0.338 e. The van der Waals surface area contributed by atoms with Crippen LogP contribution in [-0.2, 0) is 9.53 Å². The third-order valence-electron chi connectivity index (χ3n) is 6.22. The van der Waals surface area contributed by atoms with Gasteiger partial charge in [-0.1, -0.05) is 96.3 Å². The molecule has 0 unspecified atom stereocenters. The first-order chi connectivity index (χ1) is 19.1. The Morgan fingerprint density at radius 3 is 2.31 bits per heavy atom. The third-order valence-corrected chi connectivity index (χ3v) is 7.22. The van der Waals surface area contributed by atoms with Crippen molar-refractivity contribution < 1.29 is 14.3 Å². The molecule has 0 saturated carbocycles. The predicted molar refractivity (Wildman–Crippen MR) is 155 cm³/mol. The Labute approximate surface area is 230 Å². The number of fused-ring (bicyclic) bond motifs is 1. The van der Waals surface area contributed by atoms with E-state index in [1.54, 1.807) is 17.6 Å². The van der Waals surface area contributed by atoms with Crippen molar-refractivity contribution in [2.24, 2.45) is 4.99 Å². The number of benzene rings is 3. The SMILES string of the molecule is CCOC(=O)C1=C(c2ccccc2)N=c2s/c(=C/C=C/c3ccccc3)c(=O)n2[C@H]1c1ccc(OCC)cc1. The Morgan fingerprint density at radius 2 is 1.64 bits per heavy atom. The van der Waals surface area contributed by atoms with E-state index < -0.39 is 12.0 Å². The number of rotatable bonds is 8. The summed E-state index contributed by atoms with van der Waals surface area (Å²) in [6, 6.07) is 26.2. The molecule has 0 bridgehead atoms. The highest BCUT2D eigenvalue weighted by molar-refractivity contribution is 7.07. The molecule has 1 aliphatic heterocycles. The Hall–Kier alpha value is -4.49. The van der Waals surface area contributed by atoms with Gasteiger partial charge in [0.15, 0.2) is 4.80 Å². The molecular formula is C32H28N2O4S. The van der Waals surface area contributed by atoms with Crippen LogP contribution in [0.25, 0.3) is 17.8 Å². The molecule has 5 rings (SSSR count). The van der Waals surface area contributed by atoms with Gasteiger partial charge >= 0.3 is 5.97 Å². The first-order valence-electron chi connectivity index (χ1n) is 12.8. The zero-order chi connectivity index (χ0) is 27.2. The molecule has 39 heavy (non-hydrogen) atoms. The topological polar surface area (TPSA) is 69.9 Å². The summed E-state index contributed by atoms with van der Waals surface area (Å²) in [7, 11) is 0. The van der Waals surface area contributed by atoms with Crippen molar-refractivity contribution in [3.8, 4) is 5.75 Å². The lowest BCUT2D eigenvalue weighted by atomic mass is 9.93. The minimum atomic E-state index is -0.716. The number of ether oxygens (including phenoxy) is 2. The van der Waals surface area contributed by atoms with Gasteiger partial charge in [-0.05, 0) is 43.2 Å². The average molecular weight is 537 g/mol. The Kier molecular flexibility index (Phi) is 7.99. The Bertz CT molecular complexity index is 1700. The molecule has 196 valence electrons. The van der Waals surface area contributed by atoms with Crippen LogP contribution in [0.3, 0.4) is 0 Å². The summed E-state index contributed by atoms with van der Waals surface area (Å²) in [5.74, 6) is 0.210. The Morgan fingerprint density at radius 1 is 0.949 bits per heavy atom. The molecule has 7 heteroatoms. The third kappa shape index (κ3) is 5.54. The van der Waals surface area contributed by atoms with Gasteiger partial charge in [0.1, 0.15) is 5.75 Å². The molecule has 0 spiro atoms. The van der Waals surface area contributed by atoms with E-state index in [9.17, 15) is 9.59 Å². The maximum absolute atomic E-state index is 13.8. The van der Waals surface area contributed by atoms with Crippen molar-refractivity contribution >= 4 is 35.2 Å². The van der Waals surface area contributed by atoms with Gasteiger partial charge in [-0.3, -0.25) is 9.36 Å². The highest BCUT2D eigenvalue weighted by Crippen LogP contribution is 2.35. The van der Waals surface area contributed by atoms with Crippen LogP contribution in [-0.4, -0.2) is 23.8 Å². The minimum absolute atomic E-state index is 0.203. The highest BCUT2D eigenvalue weighted by atomic mass is 32.1. The zero-order valence-corrected chi connectivity index (χ0v) is 22.6. The largest absolute Gasteiger partial charge is 0.494 e. The van der Waals surface area contributed by atoms with Gasteiger partial charge in [-0.15, -0.1) is 0 Å². The Balaban J connectivity index is 1.73. The molecule has 0 fully saturated rings. The van der Waals surface area contributed by atoms with E-state index in [0.29, 0.717) is 33.0 Å². The monoisotopic (exact) mass is 536 g/mol. The van der Waals surface area contributed by atoms with Crippen molar-refractivity contribution in [2.75, 3.05) is 13.2 Å². The predicted octanol–water partition coefficient (Wildman–Crippen LogP) is 5.00. The first-order valence-corrected chi connectivity index (χ1v) is 13.6. The molecule has 3 aromatic carbocycles. The lowest BCUT2D eigenvalue weighted by molar-refractivity contribution is -0.138. The number of carbonyl (C=O) groups is 1. The van der Waals surface area contributed by atoms with Crippen LogP contribution in [0.2, 0.25) is 0 Å². The fourth-order valence-electron chi connectivity index (χ4n) is 4.49. The number of thiazole rings is 1. The molecule has 6 nitrogen and oxygen atoms in total.